The summed E-state index contributed by atoms with van der Waals surface area (Å²) in [5.74, 6) is -4.70. The van der Waals surface area contributed by atoms with Gasteiger partial charge in [0, 0.05) is 42.9 Å². The van der Waals surface area contributed by atoms with Gasteiger partial charge in [-0.2, -0.15) is 5.26 Å². The van der Waals surface area contributed by atoms with Crippen LogP contribution in [0.15, 0.2) is 42.7 Å². The number of amides is 2. The number of hydrogen-bond acceptors (Lipinski definition) is 5. The third kappa shape index (κ3) is 7.23. The van der Waals surface area contributed by atoms with Crippen molar-refractivity contribution < 1.29 is 36.3 Å². The molecule has 1 aliphatic rings. The summed E-state index contributed by atoms with van der Waals surface area (Å²) in [6.45, 7) is -0.787. The van der Waals surface area contributed by atoms with Crippen LogP contribution in [0.25, 0.3) is 12.2 Å². The van der Waals surface area contributed by atoms with Gasteiger partial charge in [0.25, 0.3) is 11.8 Å². The Morgan fingerprint density at radius 3 is 2.60 bits per heavy atom. The molecule has 2 amide bonds. The van der Waals surface area contributed by atoms with Crippen LogP contribution in [-0.2, 0) is 4.79 Å². The number of pyridine rings is 1. The number of halogens is 5. The van der Waals surface area contributed by atoms with E-state index in [2.05, 4.69) is 15.0 Å². The van der Waals surface area contributed by atoms with Crippen molar-refractivity contribution in [2.75, 3.05) is 13.1 Å². The molecule has 0 aliphatic carbocycles. The number of rotatable bonds is 6. The molecule has 1 aliphatic heterocycles. The van der Waals surface area contributed by atoms with Gasteiger partial charge in [0.1, 0.15) is 11.8 Å². The average Bonchev–Trinajstić information content (AvgIpc) is 2.80. The predicted octanol–water partition coefficient (Wildman–Crippen LogP) is 4.03. The molecule has 2 aromatic rings. The van der Waals surface area contributed by atoms with Gasteiger partial charge in [0.15, 0.2) is 0 Å². The van der Waals surface area contributed by atoms with E-state index >= 15 is 0 Å². The molecule has 2 heterocycles. The van der Waals surface area contributed by atoms with Gasteiger partial charge in [0.05, 0.1) is 12.6 Å². The van der Waals surface area contributed by atoms with E-state index in [1.165, 1.54) is 36.7 Å². The molecule has 0 bridgehead atoms. The van der Waals surface area contributed by atoms with Crippen molar-refractivity contribution in [3.05, 3.63) is 59.4 Å². The summed E-state index contributed by atoms with van der Waals surface area (Å²) in [5, 5.41) is 11.5. The van der Waals surface area contributed by atoms with E-state index in [1.807, 2.05) is 0 Å². The molecule has 3 rings (SSSR count). The lowest BCUT2D eigenvalue weighted by atomic mass is 9.99. The lowest BCUT2D eigenvalue weighted by molar-refractivity contribution is -0.274. The summed E-state index contributed by atoms with van der Waals surface area (Å²) in [6, 6.07) is 6.87. The zero-order valence-electron chi connectivity index (χ0n) is 18.1. The fourth-order valence-corrected chi connectivity index (χ4v) is 3.41. The molecule has 12 heteroatoms. The number of nitriles is 1. The van der Waals surface area contributed by atoms with Gasteiger partial charge in [-0.25, -0.2) is 8.78 Å². The third-order valence-electron chi connectivity index (χ3n) is 5.12. The minimum atomic E-state index is -4.80. The van der Waals surface area contributed by atoms with Crippen molar-refractivity contribution in [1.29, 1.82) is 5.26 Å². The van der Waals surface area contributed by atoms with Crippen LogP contribution in [-0.4, -0.2) is 53.1 Å². The Morgan fingerprint density at radius 1 is 1.23 bits per heavy atom. The number of carbonyl (C=O) groups is 2. The Kier molecular flexibility index (Phi) is 7.68. The highest BCUT2D eigenvalue weighted by Gasteiger charge is 2.42. The van der Waals surface area contributed by atoms with E-state index in [0.717, 1.165) is 17.0 Å². The maximum atomic E-state index is 13.5. The molecule has 7 nitrogen and oxygen atoms in total. The molecule has 0 spiro atoms. The molecule has 1 aromatic carbocycles. The van der Waals surface area contributed by atoms with Crippen molar-refractivity contribution in [3.63, 3.8) is 0 Å². The van der Waals surface area contributed by atoms with Crippen LogP contribution in [0, 0.1) is 11.3 Å². The highest BCUT2D eigenvalue weighted by Crippen LogP contribution is 2.31. The van der Waals surface area contributed by atoms with E-state index in [4.69, 9.17) is 5.26 Å². The molecule has 1 saturated heterocycles. The number of hydrogen-bond donors (Lipinski definition) is 1. The van der Waals surface area contributed by atoms with Gasteiger partial charge < -0.3 is 15.0 Å². The second-order valence-corrected chi connectivity index (χ2v) is 7.64. The molecule has 1 unspecified atom stereocenters. The topological polar surface area (TPSA) is 95.3 Å². The maximum absolute atomic E-state index is 13.5. The normalized spacial score (nSPS) is 17.6. The minimum Gasteiger partial charge on any atom is -0.406 e. The Hall–Kier alpha value is -4.01. The van der Waals surface area contributed by atoms with Crippen LogP contribution in [0.4, 0.5) is 22.0 Å². The zero-order valence-corrected chi connectivity index (χ0v) is 18.1. The van der Waals surface area contributed by atoms with E-state index in [9.17, 15) is 31.5 Å². The van der Waals surface area contributed by atoms with Crippen molar-refractivity contribution >= 4 is 24.0 Å². The van der Waals surface area contributed by atoms with Crippen LogP contribution in [0.3, 0.4) is 0 Å². The van der Waals surface area contributed by atoms with Crippen molar-refractivity contribution in [1.82, 2.24) is 15.2 Å². The second-order valence-electron chi connectivity index (χ2n) is 7.64. The molecule has 1 fully saturated rings. The second kappa shape index (κ2) is 10.5. The Balaban J connectivity index is 1.64. The van der Waals surface area contributed by atoms with Gasteiger partial charge in [-0.3, -0.25) is 14.6 Å². The number of nitrogens with one attached hydrogen (secondary N) is 1. The SMILES string of the molecule is N#CC1CC(F)(F)CCN1C(=O)CNC(=O)c1ccncc1C=Cc1ccc(OC(F)(F)F)cc1. The van der Waals surface area contributed by atoms with E-state index in [0.29, 0.717) is 11.1 Å². The third-order valence-corrected chi connectivity index (χ3v) is 5.12. The summed E-state index contributed by atoms with van der Waals surface area (Å²) in [4.78, 5) is 30.0. The molecule has 0 saturated carbocycles. The summed E-state index contributed by atoms with van der Waals surface area (Å²) in [7, 11) is 0. The molecule has 1 aromatic heterocycles. The van der Waals surface area contributed by atoms with Crippen molar-refractivity contribution in [2.24, 2.45) is 0 Å². The monoisotopic (exact) mass is 494 g/mol. The van der Waals surface area contributed by atoms with Gasteiger partial charge in [-0.1, -0.05) is 24.3 Å². The maximum Gasteiger partial charge on any atom is 0.573 e. The number of benzene rings is 1. The van der Waals surface area contributed by atoms with Crippen LogP contribution >= 0.6 is 0 Å². The van der Waals surface area contributed by atoms with Crippen LogP contribution in [0.2, 0.25) is 0 Å². The lowest BCUT2D eigenvalue weighted by Gasteiger charge is -2.35. The fourth-order valence-electron chi connectivity index (χ4n) is 3.41. The quantitative estimate of drug-likeness (QED) is 0.612. The zero-order chi connectivity index (χ0) is 25.6. The fraction of sp³-hybridized carbons (Fsp3) is 0.304. The Labute approximate surface area is 196 Å². The van der Waals surface area contributed by atoms with Gasteiger partial charge in [-0.05, 0) is 23.8 Å². The first kappa shape index (κ1) is 25.6. The number of nitrogens with zero attached hydrogens (tertiary/aromatic N) is 3. The van der Waals surface area contributed by atoms with Gasteiger partial charge in [0.2, 0.25) is 5.91 Å². The number of piperidine rings is 1. The summed E-state index contributed by atoms with van der Waals surface area (Å²) in [5.41, 5.74) is 1.04. The average molecular weight is 494 g/mol. The van der Waals surface area contributed by atoms with Crippen LogP contribution in [0.5, 0.6) is 5.75 Å². The van der Waals surface area contributed by atoms with Gasteiger partial charge >= 0.3 is 6.36 Å². The lowest BCUT2D eigenvalue weighted by Crippen LogP contribution is -2.51. The van der Waals surface area contributed by atoms with Crippen LogP contribution < -0.4 is 10.1 Å². The summed E-state index contributed by atoms with van der Waals surface area (Å²) >= 11 is 0. The van der Waals surface area contributed by atoms with Crippen molar-refractivity contribution in [2.45, 2.75) is 31.2 Å². The Morgan fingerprint density at radius 2 is 1.94 bits per heavy atom. The van der Waals surface area contributed by atoms with Gasteiger partial charge in [-0.15, -0.1) is 13.2 Å². The summed E-state index contributed by atoms with van der Waals surface area (Å²) < 4.78 is 67.6. The molecule has 1 atom stereocenters. The smallest absolute Gasteiger partial charge is 0.406 e. The highest BCUT2D eigenvalue weighted by molar-refractivity contribution is 6.00. The number of ether oxygens (including phenoxy) is 1. The highest BCUT2D eigenvalue weighted by atomic mass is 19.4. The van der Waals surface area contributed by atoms with E-state index in [-0.39, 0.29) is 17.9 Å². The first-order valence-electron chi connectivity index (χ1n) is 10.3. The molecular weight excluding hydrogens is 475 g/mol. The molecular formula is C23H19F5N4O3. The van der Waals surface area contributed by atoms with E-state index < -0.39 is 49.5 Å². The molecule has 0 radical (unpaired) electrons. The standard InChI is InChI=1S/C23H19F5N4O3/c24-22(25)8-10-32(17(11-22)12-29)20(33)14-31-21(34)19-7-9-30-13-16(19)4-1-15-2-5-18(6-3-15)35-23(26,27)28/h1-7,9,13,17H,8,10-11,14H2,(H,31,34). The van der Waals surface area contributed by atoms with Crippen LogP contribution in [0.1, 0.15) is 34.3 Å². The number of alkyl halides is 5. The predicted molar refractivity (Wildman–Crippen MR) is 114 cm³/mol. The largest absolute Gasteiger partial charge is 0.573 e. The molecule has 184 valence electrons. The molecule has 1 N–H and O–H groups in total. The van der Waals surface area contributed by atoms with E-state index in [1.54, 1.807) is 12.1 Å². The Bertz CT molecular complexity index is 1140. The number of carbonyl (C=O) groups excluding carboxylic acids is 2. The minimum absolute atomic E-state index is 0.156. The number of aromatic nitrogens is 1. The molecule has 35 heavy (non-hydrogen) atoms. The first-order chi connectivity index (χ1) is 16.5. The summed E-state index contributed by atoms with van der Waals surface area (Å²) in [6.07, 6.45) is -0.323. The number of likely N-dealkylation sites (tertiary alicyclic amines) is 1. The van der Waals surface area contributed by atoms with Crippen molar-refractivity contribution in [3.8, 4) is 11.8 Å². The first-order valence-corrected chi connectivity index (χ1v) is 10.3.